The molecule has 4 nitrogen and oxygen atoms in total. The highest BCUT2D eigenvalue weighted by Gasteiger charge is 2.37. The molecule has 1 saturated heterocycles. The Balaban J connectivity index is 2.79. The van der Waals surface area contributed by atoms with Crippen LogP contribution in [0.15, 0.2) is 0 Å². The van der Waals surface area contributed by atoms with Crippen LogP contribution in [0.5, 0.6) is 0 Å². The molecule has 0 saturated carbocycles. The Morgan fingerprint density at radius 3 is 2.67 bits per heavy atom. The van der Waals surface area contributed by atoms with Gasteiger partial charge in [-0.15, -0.1) is 0 Å². The Bertz CT molecular complexity index is 258. The van der Waals surface area contributed by atoms with Gasteiger partial charge in [-0.05, 0) is 13.3 Å². The lowest BCUT2D eigenvalue weighted by molar-refractivity contribution is -0.149. The first-order valence-electron chi connectivity index (χ1n) is 5.28. The molecular weight excluding hydrogens is 199 g/mol. The maximum Gasteiger partial charge on any atom is 0.245 e. The van der Waals surface area contributed by atoms with Crippen LogP contribution >= 0.6 is 0 Å². The van der Waals surface area contributed by atoms with Gasteiger partial charge in [-0.2, -0.15) is 0 Å². The third-order valence-electron chi connectivity index (χ3n) is 2.58. The number of alkyl halides is 1. The maximum atomic E-state index is 12.3. The van der Waals surface area contributed by atoms with Gasteiger partial charge in [-0.3, -0.25) is 9.59 Å². The first kappa shape index (κ1) is 11.9. The highest BCUT2D eigenvalue weighted by Crippen LogP contribution is 2.14. The van der Waals surface area contributed by atoms with Crippen LogP contribution in [0.1, 0.15) is 26.7 Å². The van der Waals surface area contributed by atoms with Gasteiger partial charge in [0.05, 0.1) is 0 Å². The Morgan fingerprint density at radius 1 is 1.47 bits per heavy atom. The third-order valence-corrected chi connectivity index (χ3v) is 2.58. The summed E-state index contributed by atoms with van der Waals surface area (Å²) in [4.78, 5) is 24.6. The average Bonchev–Trinajstić information content (AvgIpc) is 2.20. The predicted molar refractivity (Wildman–Crippen MR) is 54.0 cm³/mol. The zero-order chi connectivity index (χ0) is 11.4. The second-order valence-electron chi connectivity index (χ2n) is 3.76. The number of rotatable bonds is 4. The van der Waals surface area contributed by atoms with Gasteiger partial charge in [-0.1, -0.05) is 13.3 Å². The van der Waals surface area contributed by atoms with E-state index in [9.17, 15) is 14.0 Å². The van der Waals surface area contributed by atoms with Crippen molar-refractivity contribution >= 4 is 11.8 Å². The lowest BCUT2D eigenvalue weighted by Crippen LogP contribution is -2.62. The molecule has 0 aromatic rings. The number of hydrogen-bond acceptors (Lipinski definition) is 2. The molecule has 86 valence electrons. The molecule has 1 aliphatic rings. The number of hydrogen-bond donors (Lipinski definition) is 1. The zero-order valence-electron chi connectivity index (χ0n) is 9.12. The number of halogens is 1. The topological polar surface area (TPSA) is 49.4 Å². The van der Waals surface area contributed by atoms with Gasteiger partial charge in [0, 0.05) is 6.54 Å². The summed E-state index contributed by atoms with van der Waals surface area (Å²) in [6.45, 7) is 2.96. The molecule has 1 aliphatic heterocycles. The molecule has 1 rings (SSSR count). The van der Waals surface area contributed by atoms with E-state index >= 15 is 0 Å². The predicted octanol–water partition coefficient (Wildman–Crippen LogP) is 0.471. The molecule has 0 radical (unpaired) electrons. The number of carbonyl (C=O) groups is 2. The van der Waals surface area contributed by atoms with Crippen molar-refractivity contribution in [2.45, 2.75) is 38.8 Å². The minimum Gasteiger partial charge on any atom is -0.343 e. The smallest absolute Gasteiger partial charge is 0.245 e. The van der Waals surface area contributed by atoms with Crippen molar-refractivity contribution < 1.29 is 14.0 Å². The number of carbonyl (C=O) groups excluding carboxylic acids is 2. The van der Waals surface area contributed by atoms with Crippen molar-refractivity contribution in [3.8, 4) is 0 Å². The van der Waals surface area contributed by atoms with E-state index in [2.05, 4.69) is 5.32 Å². The van der Waals surface area contributed by atoms with E-state index < -0.39 is 18.8 Å². The van der Waals surface area contributed by atoms with E-state index in [0.717, 1.165) is 6.42 Å². The Morgan fingerprint density at radius 2 is 2.13 bits per heavy atom. The van der Waals surface area contributed by atoms with E-state index in [1.165, 1.54) is 4.90 Å². The van der Waals surface area contributed by atoms with E-state index in [4.69, 9.17) is 0 Å². The van der Waals surface area contributed by atoms with E-state index in [1.807, 2.05) is 6.92 Å². The molecule has 1 heterocycles. The van der Waals surface area contributed by atoms with Gasteiger partial charge < -0.3 is 10.2 Å². The summed E-state index contributed by atoms with van der Waals surface area (Å²) in [5, 5.41) is 2.60. The van der Waals surface area contributed by atoms with Crippen molar-refractivity contribution in [1.29, 1.82) is 0 Å². The zero-order valence-corrected chi connectivity index (χ0v) is 9.12. The summed E-state index contributed by atoms with van der Waals surface area (Å²) in [5.74, 6) is -0.358. The minimum absolute atomic E-state index is 0.0151. The molecule has 2 amide bonds. The number of nitrogens with one attached hydrogen (secondary N) is 1. The van der Waals surface area contributed by atoms with Gasteiger partial charge in [0.1, 0.15) is 18.8 Å². The van der Waals surface area contributed by atoms with Crippen molar-refractivity contribution in [2.24, 2.45) is 0 Å². The molecule has 0 aromatic carbocycles. The van der Waals surface area contributed by atoms with Crippen LogP contribution in [0.3, 0.4) is 0 Å². The number of piperazine rings is 1. The molecular formula is C10H17FN2O2. The summed E-state index contributed by atoms with van der Waals surface area (Å²) in [6.07, 6.45) is 1.38. The summed E-state index contributed by atoms with van der Waals surface area (Å²) in [7, 11) is 0. The second kappa shape index (κ2) is 5.09. The Labute approximate surface area is 88.8 Å². The molecule has 2 atom stereocenters. The van der Waals surface area contributed by atoms with Crippen LogP contribution < -0.4 is 5.32 Å². The molecule has 2 unspecified atom stereocenters. The fourth-order valence-electron chi connectivity index (χ4n) is 1.83. The summed E-state index contributed by atoms with van der Waals surface area (Å²) in [6, 6.07) is -1.02. The molecule has 0 aliphatic carbocycles. The van der Waals surface area contributed by atoms with Crippen LogP contribution in [0, 0.1) is 0 Å². The Kier molecular flexibility index (Phi) is 4.05. The molecule has 5 heteroatoms. The van der Waals surface area contributed by atoms with Crippen molar-refractivity contribution in [3.63, 3.8) is 0 Å². The van der Waals surface area contributed by atoms with Crippen molar-refractivity contribution in [1.82, 2.24) is 10.2 Å². The summed E-state index contributed by atoms with van der Waals surface area (Å²) >= 11 is 0. The van der Waals surface area contributed by atoms with E-state index in [-0.39, 0.29) is 18.4 Å². The molecule has 0 aromatic heterocycles. The first-order chi connectivity index (χ1) is 7.11. The standard InChI is InChI=1S/C10H17FN2O2/c1-3-4-8-9(14)12-7(2)10(15)13(8)6-5-11/h7-8H,3-6H2,1-2H3,(H,12,14). The van der Waals surface area contributed by atoms with Gasteiger partial charge in [0.15, 0.2) is 0 Å². The summed E-state index contributed by atoms with van der Waals surface area (Å²) < 4.78 is 12.3. The van der Waals surface area contributed by atoms with E-state index in [0.29, 0.717) is 6.42 Å². The SMILES string of the molecule is CCCC1C(=O)NC(C)C(=O)N1CCF. The van der Waals surface area contributed by atoms with Crippen LogP contribution in [0.2, 0.25) is 0 Å². The number of nitrogens with zero attached hydrogens (tertiary/aromatic N) is 1. The van der Waals surface area contributed by atoms with Crippen LogP contribution in [-0.4, -0.2) is 42.0 Å². The molecule has 0 bridgehead atoms. The monoisotopic (exact) mass is 216 g/mol. The molecule has 1 fully saturated rings. The van der Waals surface area contributed by atoms with Gasteiger partial charge in [-0.25, -0.2) is 4.39 Å². The fourth-order valence-corrected chi connectivity index (χ4v) is 1.83. The maximum absolute atomic E-state index is 12.3. The van der Waals surface area contributed by atoms with Crippen LogP contribution in [0.25, 0.3) is 0 Å². The first-order valence-corrected chi connectivity index (χ1v) is 5.28. The highest BCUT2D eigenvalue weighted by molar-refractivity contribution is 5.96. The molecule has 1 N–H and O–H groups in total. The molecule has 15 heavy (non-hydrogen) atoms. The van der Waals surface area contributed by atoms with Gasteiger partial charge in [0.2, 0.25) is 11.8 Å². The largest absolute Gasteiger partial charge is 0.343 e. The normalized spacial score (nSPS) is 26.7. The third kappa shape index (κ3) is 2.46. The summed E-state index contributed by atoms with van der Waals surface area (Å²) in [5.41, 5.74) is 0. The number of amides is 2. The van der Waals surface area contributed by atoms with Gasteiger partial charge >= 0.3 is 0 Å². The van der Waals surface area contributed by atoms with Crippen LogP contribution in [-0.2, 0) is 9.59 Å². The van der Waals surface area contributed by atoms with Crippen molar-refractivity contribution in [3.05, 3.63) is 0 Å². The van der Waals surface area contributed by atoms with Crippen LogP contribution in [0.4, 0.5) is 4.39 Å². The second-order valence-corrected chi connectivity index (χ2v) is 3.76. The Hall–Kier alpha value is -1.13. The quantitative estimate of drug-likeness (QED) is 0.742. The van der Waals surface area contributed by atoms with E-state index in [1.54, 1.807) is 6.92 Å². The minimum atomic E-state index is -0.605. The lowest BCUT2D eigenvalue weighted by Gasteiger charge is -2.37. The highest BCUT2D eigenvalue weighted by atomic mass is 19.1. The fraction of sp³-hybridized carbons (Fsp3) is 0.800. The average molecular weight is 216 g/mol. The van der Waals surface area contributed by atoms with Gasteiger partial charge in [0.25, 0.3) is 0 Å². The lowest BCUT2D eigenvalue weighted by atomic mass is 10.0. The molecule has 0 spiro atoms. The van der Waals surface area contributed by atoms with Crippen molar-refractivity contribution in [2.75, 3.05) is 13.2 Å².